The summed E-state index contributed by atoms with van der Waals surface area (Å²) in [4.78, 5) is 0. The molecule has 102 valence electrons. The van der Waals surface area contributed by atoms with E-state index >= 15 is 0 Å². The van der Waals surface area contributed by atoms with E-state index in [1.165, 1.54) is 19.3 Å². The number of aryl methyl sites for hydroxylation is 1. The molecule has 5 heteroatoms. The fourth-order valence-corrected chi connectivity index (χ4v) is 3.09. The van der Waals surface area contributed by atoms with Crippen LogP contribution in [0.4, 0.5) is 0 Å². The molecule has 1 atom stereocenters. The molecule has 0 saturated heterocycles. The van der Waals surface area contributed by atoms with Crippen molar-refractivity contribution in [3.63, 3.8) is 0 Å². The largest absolute Gasteiger partial charge is 0.377 e. The van der Waals surface area contributed by atoms with Crippen LogP contribution in [0, 0.1) is 0 Å². The number of hydrogen-bond acceptors (Lipinski definition) is 4. The van der Waals surface area contributed by atoms with Gasteiger partial charge in [0.1, 0.15) is 0 Å². The van der Waals surface area contributed by atoms with Gasteiger partial charge >= 0.3 is 0 Å². The Morgan fingerprint density at radius 2 is 2.17 bits per heavy atom. The zero-order chi connectivity index (χ0) is 13.0. The van der Waals surface area contributed by atoms with Gasteiger partial charge in [-0.3, -0.25) is 4.68 Å². The molecule has 1 aliphatic rings. The molecule has 0 amide bonds. The highest BCUT2D eigenvalue weighted by molar-refractivity contribution is 5.03. The predicted octanol–water partition coefficient (Wildman–Crippen LogP) is 1.29. The second kappa shape index (κ2) is 5.80. The quantitative estimate of drug-likeness (QED) is 0.858. The number of rotatable bonds is 5. The monoisotopic (exact) mass is 252 g/mol. The molecule has 0 bridgehead atoms. The normalized spacial score (nSPS) is 20.8. The number of likely N-dealkylation sites (N-methyl/N-ethyl adjacent to an activating group) is 1. The summed E-state index contributed by atoms with van der Waals surface area (Å²) in [5.41, 5.74) is 0.990. The Labute approximate surface area is 109 Å². The van der Waals surface area contributed by atoms with Crippen molar-refractivity contribution in [1.29, 1.82) is 0 Å². The van der Waals surface area contributed by atoms with E-state index in [4.69, 9.17) is 4.74 Å². The topological polar surface area (TPSA) is 52.0 Å². The zero-order valence-electron chi connectivity index (χ0n) is 11.6. The summed E-state index contributed by atoms with van der Waals surface area (Å²) in [6.07, 6.45) is 8.96. The summed E-state index contributed by atoms with van der Waals surface area (Å²) in [6.45, 7) is 0. The van der Waals surface area contributed by atoms with Crippen LogP contribution in [0.1, 0.15) is 37.8 Å². The van der Waals surface area contributed by atoms with Gasteiger partial charge in [-0.25, -0.2) is 0 Å². The SMILES string of the molecule is CNC(Cc1cn(C)nn1)C1(OC)CCCCC1. The molecule has 18 heavy (non-hydrogen) atoms. The third-order valence-corrected chi connectivity index (χ3v) is 4.15. The maximum atomic E-state index is 5.89. The molecule has 1 N–H and O–H groups in total. The van der Waals surface area contributed by atoms with Crippen molar-refractivity contribution in [2.24, 2.45) is 7.05 Å². The maximum Gasteiger partial charge on any atom is 0.0843 e. The van der Waals surface area contributed by atoms with Crippen LogP contribution in [0.25, 0.3) is 0 Å². The van der Waals surface area contributed by atoms with Gasteiger partial charge in [-0.2, -0.15) is 0 Å². The average Bonchev–Trinajstić information content (AvgIpc) is 2.82. The van der Waals surface area contributed by atoms with Gasteiger partial charge in [-0.05, 0) is 19.9 Å². The molecule has 0 aromatic carbocycles. The van der Waals surface area contributed by atoms with Gasteiger partial charge in [0.15, 0.2) is 0 Å². The van der Waals surface area contributed by atoms with Gasteiger partial charge in [0.05, 0.1) is 11.3 Å². The minimum atomic E-state index is -0.0372. The minimum Gasteiger partial charge on any atom is -0.377 e. The van der Waals surface area contributed by atoms with Crippen molar-refractivity contribution in [1.82, 2.24) is 20.3 Å². The van der Waals surface area contributed by atoms with Gasteiger partial charge < -0.3 is 10.1 Å². The second-order valence-electron chi connectivity index (χ2n) is 5.26. The Bertz CT molecular complexity index is 371. The van der Waals surface area contributed by atoms with Gasteiger partial charge in [-0.15, -0.1) is 5.10 Å². The fraction of sp³-hybridized carbons (Fsp3) is 0.846. The first-order valence-corrected chi connectivity index (χ1v) is 6.78. The third-order valence-electron chi connectivity index (χ3n) is 4.15. The highest BCUT2D eigenvalue weighted by atomic mass is 16.5. The van der Waals surface area contributed by atoms with Crippen LogP contribution in [-0.2, 0) is 18.2 Å². The lowest BCUT2D eigenvalue weighted by Crippen LogP contribution is -2.53. The van der Waals surface area contributed by atoms with Crippen molar-refractivity contribution in [2.45, 2.75) is 50.2 Å². The molecule has 1 aliphatic carbocycles. The molecule has 1 aromatic rings. The summed E-state index contributed by atoms with van der Waals surface area (Å²) in [5.74, 6) is 0. The lowest BCUT2D eigenvalue weighted by atomic mass is 9.77. The lowest BCUT2D eigenvalue weighted by Gasteiger charge is -2.42. The standard InChI is InChI=1S/C13H24N4O/c1-14-12(9-11-10-17(2)16-15-11)13(18-3)7-5-4-6-8-13/h10,12,14H,4-9H2,1-3H3. The van der Waals surface area contributed by atoms with Crippen LogP contribution in [0.5, 0.6) is 0 Å². The van der Waals surface area contributed by atoms with Gasteiger partial charge in [0, 0.05) is 32.8 Å². The lowest BCUT2D eigenvalue weighted by molar-refractivity contribution is -0.0658. The van der Waals surface area contributed by atoms with Gasteiger partial charge in [0.2, 0.25) is 0 Å². The first-order valence-electron chi connectivity index (χ1n) is 6.78. The average molecular weight is 252 g/mol. The summed E-state index contributed by atoms with van der Waals surface area (Å²) < 4.78 is 7.65. The van der Waals surface area contributed by atoms with E-state index in [-0.39, 0.29) is 5.60 Å². The van der Waals surface area contributed by atoms with E-state index in [0.717, 1.165) is 25.0 Å². The molecule has 0 radical (unpaired) electrons. The number of nitrogens with one attached hydrogen (secondary N) is 1. The molecule has 1 saturated carbocycles. The Hall–Kier alpha value is -0.940. The minimum absolute atomic E-state index is 0.0372. The van der Waals surface area contributed by atoms with Crippen molar-refractivity contribution >= 4 is 0 Å². The molecule has 0 spiro atoms. The summed E-state index contributed by atoms with van der Waals surface area (Å²) in [5, 5.41) is 11.6. The number of hydrogen-bond donors (Lipinski definition) is 1. The number of nitrogens with zero attached hydrogens (tertiary/aromatic N) is 3. The van der Waals surface area contributed by atoms with E-state index in [1.54, 1.807) is 4.68 Å². The van der Waals surface area contributed by atoms with Crippen LogP contribution < -0.4 is 5.32 Å². The second-order valence-corrected chi connectivity index (χ2v) is 5.26. The number of aromatic nitrogens is 3. The highest BCUT2D eigenvalue weighted by Crippen LogP contribution is 2.35. The molecule has 2 rings (SSSR count). The molecular formula is C13H24N4O. The summed E-state index contributed by atoms with van der Waals surface area (Å²) in [7, 11) is 5.75. The Morgan fingerprint density at radius 3 is 2.67 bits per heavy atom. The molecule has 1 unspecified atom stereocenters. The van der Waals surface area contributed by atoms with Crippen molar-refractivity contribution in [2.75, 3.05) is 14.2 Å². The van der Waals surface area contributed by atoms with E-state index in [9.17, 15) is 0 Å². The van der Waals surface area contributed by atoms with Crippen molar-refractivity contribution < 1.29 is 4.74 Å². The highest BCUT2D eigenvalue weighted by Gasteiger charge is 2.39. The molecule has 1 heterocycles. The van der Waals surface area contributed by atoms with Crippen LogP contribution in [0.15, 0.2) is 6.20 Å². The molecular weight excluding hydrogens is 228 g/mol. The Kier molecular flexibility index (Phi) is 4.35. The summed E-state index contributed by atoms with van der Waals surface area (Å²) in [6, 6.07) is 0.305. The summed E-state index contributed by atoms with van der Waals surface area (Å²) >= 11 is 0. The fourth-order valence-electron chi connectivity index (χ4n) is 3.09. The van der Waals surface area contributed by atoms with Crippen LogP contribution >= 0.6 is 0 Å². The molecule has 0 aliphatic heterocycles. The number of methoxy groups -OCH3 is 1. The smallest absolute Gasteiger partial charge is 0.0843 e. The van der Waals surface area contributed by atoms with E-state index in [0.29, 0.717) is 6.04 Å². The predicted molar refractivity (Wildman–Crippen MR) is 70.4 cm³/mol. The van der Waals surface area contributed by atoms with E-state index in [2.05, 4.69) is 15.6 Å². The Balaban J connectivity index is 2.10. The van der Waals surface area contributed by atoms with Crippen LogP contribution in [0.3, 0.4) is 0 Å². The van der Waals surface area contributed by atoms with Crippen molar-refractivity contribution in [3.8, 4) is 0 Å². The first-order chi connectivity index (χ1) is 8.70. The number of ether oxygens (including phenoxy) is 1. The molecule has 1 aromatic heterocycles. The van der Waals surface area contributed by atoms with Gasteiger partial charge in [0.25, 0.3) is 0 Å². The van der Waals surface area contributed by atoms with Gasteiger partial charge in [-0.1, -0.05) is 24.5 Å². The molecule has 5 nitrogen and oxygen atoms in total. The van der Waals surface area contributed by atoms with E-state index < -0.39 is 0 Å². The molecule has 1 fully saturated rings. The van der Waals surface area contributed by atoms with Crippen molar-refractivity contribution in [3.05, 3.63) is 11.9 Å². The van der Waals surface area contributed by atoms with E-state index in [1.807, 2.05) is 27.4 Å². The van der Waals surface area contributed by atoms with Crippen LogP contribution in [-0.4, -0.2) is 40.8 Å². The maximum absolute atomic E-state index is 5.89. The third kappa shape index (κ3) is 2.72. The Morgan fingerprint density at radius 1 is 1.44 bits per heavy atom. The zero-order valence-corrected chi connectivity index (χ0v) is 11.6. The van der Waals surface area contributed by atoms with Crippen LogP contribution in [0.2, 0.25) is 0 Å². The first kappa shape index (κ1) is 13.5.